The molecule has 1 aliphatic heterocycles. The average molecular weight is 439 g/mol. The van der Waals surface area contributed by atoms with Crippen LogP contribution in [0.1, 0.15) is 30.4 Å². The first-order valence-corrected chi connectivity index (χ1v) is 10.8. The third-order valence-corrected chi connectivity index (χ3v) is 5.61. The first kappa shape index (κ1) is 23.1. The lowest BCUT2D eigenvalue weighted by atomic mass is 10.0. The molecule has 2 aromatic rings. The van der Waals surface area contributed by atoms with Gasteiger partial charge in [-0.3, -0.25) is 15.0 Å². The van der Waals surface area contributed by atoms with E-state index in [0.717, 1.165) is 18.4 Å². The molecule has 0 radical (unpaired) electrons. The fourth-order valence-corrected chi connectivity index (χ4v) is 3.99. The van der Waals surface area contributed by atoms with Crippen molar-refractivity contribution >= 4 is 17.8 Å². The van der Waals surface area contributed by atoms with Crippen LogP contribution in [-0.2, 0) is 22.6 Å². The molecule has 1 fully saturated rings. The smallest absolute Gasteiger partial charge is 0.304 e. The van der Waals surface area contributed by atoms with Gasteiger partial charge in [0, 0.05) is 13.1 Å². The second-order valence-corrected chi connectivity index (χ2v) is 8.03. The van der Waals surface area contributed by atoms with Crippen molar-refractivity contribution in [1.29, 1.82) is 5.41 Å². The Hall–Kier alpha value is -3.55. The fourth-order valence-electron chi connectivity index (χ4n) is 3.99. The highest BCUT2D eigenvalue weighted by atomic mass is 16.5. The SMILES string of the molecule is N=C(N)NCc1ccc(OC[C@@H]2C[C@@H](CC(=O)O)C(=O)N2CCCc2ccccc2)cc1. The molecule has 1 aliphatic rings. The van der Waals surface area contributed by atoms with Crippen LogP contribution in [0.25, 0.3) is 0 Å². The molecule has 2 atom stereocenters. The molecule has 3 rings (SSSR count). The Morgan fingerprint density at radius 3 is 2.53 bits per heavy atom. The number of guanidine groups is 1. The van der Waals surface area contributed by atoms with Crippen LogP contribution in [0.15, 0.2) is 54.6 Å². The lowest BCUT2D eigenvalue weighted by Crippen LogP contribution is -2.38. The number of nitrogens with one attached hydrogen (secondary N) is 2. The number of likely N-dealkylation sites (tertiary alicyclic amines) is 1. The van der Waals surface area contributed by atoms with Gasteiger partial charge in [-0.25, -0.2) is 0 Å². The summed E-state index contributed by atoms with van der Waals surface area (Å²) in [6, 6.07) is 17.4. The maximum atomic E-state index is 12.8. The molecule has 32 heavy (non-hydrogen) atoms. The van der Waals surface area contributed by atoms with Gasteiger partial charge in [0.15, 0.2) is 5.96 Å². The highest BCUT2D eigenvalue weighted by molar-refractivity contribution is 5.85. The van der Waals surface area contributed by atoms with Gasteiger partial charge in [0.1, 0.15) is 12.4 Å². The second-order valence-electron chi connectivity index (χ2n) is 8.03. The van der Waals surface area contributed by atoms with Gasteiger partial charge in [-0.1, -0.05) is 42.5 Å². The van der Waals surface area contributed by atoms with Gasteiger partial charge in [0.2, 0.25) is 5.91 Å². The number of hydrogen-bond acceptors (Lipinski definition) is 4. The molecule has 0 spiro atoms. The van der Waals surface area contributed by atoms with Crippen LogP contribution in [0.4, 0.5) is 0 Å². The first-order valence-electron chi connectivity index (χ1n) is 10.8. The molecule has 8 heteroatoms. The van der Waals surface area contributed by atoms with Gasteiger partial charge >= 0.3 is 5.97 Å². The monoisotopic (exact) mass is 438 g/mol. The molecule has 1 saturated heterocycles. The summed E-state index contributed by atoms with van der Waals surface area (Å²) in [6.07, 6.45) is 2.00. The molecular formula is C24H30N4O4. The number of hydrogen-bond donors (Lipinski definition) is 4. The topological polar surface area (TPSA) is 129 Å². The summed E-state index contributed by atoms with van der Waals surface area (Å²) in [6.45, 7) is 1.35. The van der Waals surface area contributed by atoms with Gasteiger partial charge in [0.25, 0.3) is 0 Å². The van der Waals surface area contributed by atoms with Crippen molar-refractivity contribution in [3.05, 3.63) is 65.7 Å². The van der Waals surface area contributed by atoms with Crippen molar-refractivity contribution in [1.82, 2.24) is 10.2 Å². The van der Waals surface area contributed by atoms with Crippen molar-refractivity contribution in [2.45, 2.75) is 38.3 Å². The number of carboxylic acid groups (broad SMARTS) is 1. The van der Waals surface area contributed by atoms with Gasteiger partial charge in [-0.15, -0.1) is 0 Å². The van der Waals surface area contributed by atoms with Crippen LogP contribution < -0.4 is 15.8 Å². The zero-order valence-electron chi connectivity index (χ0n) is 18.0. The van der Waals surface area contributed by atoms with E-state index in [1.807, 2.05) is 42.5 Å². The van der Waals surface area contributed by atoms with E-state index in [0.29, 0.717) is 31.9 Å². The Morgan fingerprint density at radius 1 is 1.16 bits per heavy atom. The van der Waals surface area contributed by atoms with Gasteiger partial charge in [-0.2, -0.15) is 0 Å². The summed E-state index contributed by atoms with van der Waals surface area (Å²) < 4.78 is 5.94. The van der Waals surface area contributed by atoms with E-state index in [1.54, 1.807) is 4.90 Å². The fraction of sp³-hybridized carbons (Fsp3) is 0.375. The van der Waals surface area contributed by atoms with Crippen molar-refractivity contribution in [3.63, 3.8) is 0 Å². The number of carboxylic acids is 1. The van der Waals surface area contributed by atoms with Crippen molar-refractivity contribution in [2.24, 2.45) is 11.7 Å². The molecule has 8 nitrogen and oxygen atoms in total. The van der Waals surface area contributed by atoms with Crippen LogP contribution in [0, 0.1) is 11.3 Å². The van der Waals surface area contributed by atoms with Crippen molar-refractivity contribution < 1.29 is 19.4 Å². The lowest BCUT2D eigenvalue weighted by Gasteiger charge is -2.25. The molecular weight excluding hydrogens is 408 g/mol. The Bertz CT molecular complexity index is 917. The third-order valence-electron chi connectivity index (χ3n) is 5.61. The second kappa shape index (κ2) is 11.2. The molecule has 5 N–H and O–H groups in total. The lowest BCUT2D eigenvalue weighted by molar-refractivity contribution is -0.142. The molecule has 0 bridgehead atoms. The maximum Gasteiger partial charge on any atom is 0.304 e. The van der Waals surface area contributed by atoms with Crippen LogP contribution in [0.2, 0.25) is 0 Å². The minimum absolute atomic E-state index is 0.0838. The number of nitrogens with two attached hydrogens (primary N) is 1. The molecule has 0 unspecified atom stereocenters. The quantitative estimate of drug-likeness (QED) is 0.315. The number of nitrogens with zero attached hydrogens (tertiary/aromatic N) is 1. The number of rotatable bonds is 11. The summed E-state index contributed by atoms with van der Waals surface area (Å²) in [4.78, 5) is 25.8. The molecule has 1 amide bonds. The van der Waals surface area contributed by atoms with Crippen LogP contribution in [0.5, 0.6) is 5.75 Å². The first-order chi connectivity index (χ1) is 15.4. The summed E-state index contributed by atoms with van der Waals surface area (Å²) in [5.74, 6) is -0.962. The maximum absolute atomic E-state index is 12.8. The predicted octanol–water partition coefficient (Wildman–Crippen LogP) is 2.37. The van der Waals surface area contributed by atoms with Crippen LogP contribution in [0.3, 0.4) is 0 Å². The Morgan fingerprint density at radius 2 is 1.88 bits per heavy atom. The molecule has 170 valence electrons. The zero-order chi connectivity index (χ0) is 22.9. The van der Waals surface area contributed by atoms with Crippen molar-refractivity contribution in [2.75, 3.05) is 13.2 Å². The molecule has 0 saturated carbocycles. The number of benzene rings is 2. The van der Waals surface area contributed by atoms with Crippen LogP contribution >= 0.6 is 0 Å². The normalized spacial score (nSPS) is 17.9. The molecule has 2 aromatic carbocycles. The summed E-state index contributed by atoms with van der Waals surface area (Å²) in [5.41, 5.74) is 7.48. The largest absolute Gasteiger partial charge is 0.491 e. The molecule has 0 aromatic heterocycles. The minimum Gasteiger partial charge on any atom is -0.491 e. The highest BCUT2D eigenvalue weighted by Crippen LogP contribution is 2.28. The van der Waals surface area contributed by atoms with Gasteiger partial charge < -0.3 is 25.8 Å². The summed E-state index contributed by atoms with van der Waals surface area (Å²) in [5, 5.41) is 19.1. The van der Waals surface area contributed by atoms with E-state index in [2.05, 4.69) is 17.4 Å². The molecule has 0 aliphatic carbocycles. The van der Waals surface area contributed by atoms with E-state index >= 15 is 0 Å². The number of aryl methyl sites for hydroxylation is 1. The summed E-state index contributed by atoms with van der Waals surface area (Å²) in [7, 11) is 0. The Kier molecular flexibility index (Phi) is 8.08. The van der Waals surface area contributed by atoms with Crippen LogP contribution in [-0.4, -0.2) is 47.0 Å². The predicted molar refractivity (Wildman–Crippen MR) is 121 cm³/mol. The number of aliphatic carboxylic acids is 1. The summed E-state index contributed by atoms with van der Waals surface area (Å²) >= 11 is 0. The van der Waals surface area contributed by atoms with Crippen molar-refractivity contribution in [3.8, 4) is 5.75 Å². The number of amides is 1. The Labute approximate surface area is 187 Å². The minimum atomic E-state index is -0.955. The average Bonchev–Trinajstić information content (AvgIpc) is 3.06. The standard InChI is InChI=1S/C24H30N4O4/c25-24(26)27-15-18-8-10-21(11-9-18)32-16-20-13-19(14-22(29)30)23(31)28(20)12-4-7-17-5-2-1-3-6-17/h1-3,5-6,8-11,19-20H,4,7,12-16H2,(H,29,30)(H4,25,26,27)/t19-,20-/m0/s1. The highest BCUT2D eigenvalue weighted by Gasteiger charge is 2.40. The third kappa shape index (κ3) is 6.73. The van der Waals surface area contributed by atoms with Gasteiger partial charge in [0.05, 0.1) is 18.4 Å². The van der Waals surface area contributed by atoms with Gasteiger partial charge in [-0.05, 0) is 42.5 Å². The van der Waals surface area contributed by atoms with E-state index in [-0.39, 0.29) is 24.3 Å². The van der Waals surface area contributed by atoms with E-state index in [1.165, 1.54) is 5.56 Å². The Balaban J connectivity index is 1.57. The molecule has 1 heterocycles. The zero-order valence-corrected chi connectivity index (χ0v) is 18.0. The van der Waals surface area contributed by atoms with E-state index < -0.39 is 11.9 Å². The van der Waals surface area contributed by atoms with E-state index in [4.69, 9.17) is 15.9 Å². The number of carbonyl (C=O) groups is 2. The number of carbonyl (C=O) groups excluding carboxylic acids is 1. The van der Waals surface area contributed by atoms with E-state index in [9.17, 15) is 14.7 Å². The number of ether oxygens (including phenoxy) is 1.